The van der Waals surface area contributed by atoms with Gasteiger partial charge in [0, 0.05) is 37.1 Å². The van der Waals surface area contributed by atoms with E-state index in [0.717, 1.165) is 18.7 Å². The highest BCUT2D eigenvalue weighted by atomic mass is 35.5. The number of carbonyl (C=O) groups excluding carboxylic acids is 1. The fourth-order valence-corrected chi connectivity index (χ4v) is 4.26. The number of rotatable bonds is 4. The van der Waals surface area contributed by atoms with E-state index in [1.54, 1.807) is 6.07 Å². The minimum Gasteiger partial charge on any atom is -0.370 e. The second-order valence-electron chi connectivity index (χ2n) is 6.15. The molecule has 1 aliphatic heterocycles. The molecule has 0 spiro atoms. The van der Waals surface area contributed by atoms with Crippen molar-refractivity contribution in [2.45, 2.75) is 31.8 Å². The van der Waals surface area contributed by atoms with Crippen LogP contribution in [0, 0.1) is 11.8 Å². The van der Waals surface area contributed by atoms with E-state index in [1.807, 2.05) is 12.1 Å². The number of benzene rings is 1. The van der Waals surface area contributed by atoms with Gasteiger partial charge in [-0.05, 0) is 37.5 Å². The van der Waals surface area contributed by atoms with Crippen molar-refractivity contribution in [1.82, 2.24) is 5.32 Å². The molecular formula is C17H25ClN2O2. The van der Waals surface area contributed by atoms with E-state index in [-0.39, 0.29) is 23.9 Å². The van der Waals surface area contributed by atoms with Crippen LogP contribution in [0.2, 0.25) is 0 Å². The molecule has 5 heteroatoms. The van der Waals surface area contributed by atoms with Crippen molar-refractivity contribution in [3.05, 3.63) is 35.4 Å². The van der Waals surface area contributed by atoms with Crippen LogP contribution in [0.3, 0.4) is 0 Å². The second kappa shape index (κ2) is 6.99. The van der Waals surface area contributed by atoms with Crippen molar-refractivity contribution in [2.75, 3.05) is 19.7 Å². The molecule has 1 heterocycles. The topological polar surface area (TPSA) is 64.3 Å². The Bertz CT molecular complexity index is 513. The van der Waals surface area contributed by atoms with Gasteiger partial charge < -0.3 is 15.8 Å². The highest BCUT2D eigenvalue weighted by molar-refractivity contribution is 5.92. The molecule has 0 radical (unpaired) electrons. The molecule has 2 fully saturated rings. The van der Waals surface area contributed by atoms with Gasteiger partial charge in [-0.1, -0.05) is 18.6 Å². The number of carbonyl (C=O) groups is 1. The summed E-state index contributed by atoms with van der Waals surface area (Å²) < 4.78 is 6.37. The summed E-state index contributed by atoms with van der Waals surface area (Å²) in [7, 11) is 0. The Hall–Kier alpha value is -1.10. The number of hydrogen-bond acceptors (Lipinski definition) is 3. The molecule has 1 saturated carbocycles. The summed E-state index contributed by atoms with van der Waals surface area (Å²) in [6, 6.07) is 7.74. The molecule has 3 rings (SSSR count). The molecule has 2 unspecified atom stereocenters. The van der Waals surface area contributed by atoms with Crippen molar-refractivity contribution >= 4 is 18.3 Å². The number of hydrogen-bond donors (Lipinski definition) is 2. The van der Waals surface area contributed by atoms with E-state index in [9.17, 15) is 4.79 Å². The van der Waals surface area contributed by atoms with Gasteiger partial charge in [-0.2, -0.15) is 0 Å². The van der Waals surface area contributed by atoms with Gasteiger partial charge in [-0.15, -0.1) is 12.4 Å². The van der Waals surface area contributed by atoms with Crippen LogP contribution in [0.15, 0.2) is 24.3 Å². The molecule has 1 aliphatic carbocycles. The fourth-order valence-electron chi connectivity index (χ4n) is 4.26. The van der Waals surface area contributed by atoms with Gasteiger partial charge in [0.15, 0.2) is 0 Å². The predicted octanol–water partition coefficient (Wildman–Crippen LogP) is 2.46. The van der Waals surface area contributed by atoms with Crippen molar-refractivity contribution in [1.29, 1.82) is 0 Å². The van der Waals surface area contributed by atoms with E-state index in [1.165, 1.54) is 19.3 Å². The standard InChI is InChI=1S/C17H24N2O2.ClH/c1-2-21-17(13-6-3-5-12(9-13)16(18)20)14-7-4-8-15(17)11-19-10-14;/h3,5-6,9,14-15,19H,2,4,7-8,10-11H2,1H3,(H2,18,20);1H. The average molecular weight is 325 g/mol. The number of piperidine rings is 1. The quantitative estimate of drug-likeness (QED) is 0.894. The van der Waals surface area contributed by atoms with Crippen LogP contribution < -0.4 is 11.1 Å². The normalized spacial score (nSPS) is 30.4. The molecule has 4 nitrogen and oxygen atoms in total. The number of halogens is 1. The van der Waals surface area contributed by atoms with Gasteiger partial charge in [0.1, 0.15) is 5.60 Å². The van der Waals surface area contributed by atoms with Crippen LogP contribution in [0.5, 0.6) is 0 Å². The van der Waals surface area contributed by atoms with E-state index < -0.39 is 0 Å². The second-order valence-corrected chi connectivity index (χ2v) is 6.15. The van der Waals surface area contributed by atoms with Gasteiger partial charge in [0.2, 0.25) is 5.91 Å². The summed E-state index contributed by atoms with van der Waals surface area (Å²) in [6.07, 6.45) is 3.61. The maximum absolute atomic E-state index is 11.5. The van der Waals surface area contributed by atoms with Crippen LogP contribution >= 0.6 is 12.4 Å². The number of nitrogens with one attached hydrogen (secondary N) is 1. The maximum atomic E-state index is 11.5. The smallest absolute Gasteiger partial charge is 0.248 e. The van der Waals surface area contributed by atoms with Gasteiger partial charge in [0.25, 0.3) is 0 Å². The largest absolute Gasteiger partial charge is 0.370 e. The first-order valence-electron chi connectivity index (χ1n) is 7.93. The molecule has 2 aliphatic rings. The Morgan fingerprint density at radius 3 is 2.64 bits per heavy atom. The number of fused-ring (bicyclic) bond motifs is 2. The first-order valence-corrected chi connectivity index (χ1v) is 7.93. The number of amides is 1. The minimum absolute atomic E-state index is 0. The molecule has 1 aromatic rings. The average Bonchev–Trinajstić information content (AvgIpc) is 2.47. The van der Waals surface area contributed by atoms with Gasteiger partial charge in [-0.3, -0.25) is 4.79 Å². The summed E-state index contributed by atoms with van der Waals surface area (Å²) in [5.41, 5.74) is 6.89. The lowest BCUT2D eigenvalue weighted by Crippen LogP contribution is -2.58. The highest BCUT2D eigenvalue weighted by Gasteiger charge is 2.51. The van der Waals surface area contributed by atoms with Crippen molar-refractivity contribution in [2.24, 2.45) is 17.6 Å². The lowest BCUT2D eigenvalue weighted by molar-refractivity contribution is -0.161. The number of ether oxygens (including phenoxy) is 1. The molecule has 1 aromatic carbocycles. The van der Waals surface area contributed by atoms with E-state index >= 15 is 0 Å². The molecule has 2 atom stereocenters. The van der Waals surface area contributed by atoms with E-state index in [0.29, 0.717) is 24.0 Å². The van der Waals surface area contributed by atoms with E-state index in [4.69, 9.17) is 10.5 Å². The summed E-state index contributed by atoms with van der Waals surface area (Å²) in [6.45, 7) is 4.71. The Morgan fingerprint density at radius 2 is 2.05 bits per heavy atom. The Labute approximate surface area is 138 Å². The van der Waals surface area contributed by atoms with Crippen molar-refractivity contribution in [3.63, 3.8) is 0 Å². The first-order chi connectivity index (χ1) is 10.2. The number of nitrogens with two attached hydrogens (primary N) is 1. The van der Waals surface area contributed by atoms with Crippen LogP contribution in [-0.4, -0.2) is 25.6 Å². The zero-order chi connectivity index (χ0) is 14.9. The van der Waals surface area contributed by atoms with Gasteiger partial charge in [-0.25, -0.2) is 0 Å². The monoisotopic (exact) mass is 324 g/mol. The van der Waals surface area contributed by atoms with Crippen LogP contribution in [0.1, 0.15) is 42.1 Å². The van der Waals surface area contributed by atoms with Crippen LogP contribution in [0.25, 0.3) is 0 Å². The van der Waals surface area contributed by atoms with Crippen molar-refractivity contribution in [3.8, 4) is 0 Å². The lowest BCUT2D eigenvalue weighted by Gasteiger charge is -2.53. The zero-order valence-corrected chi connectivity index (χ0v) is 13.8. The SMILES string of the molecule is CCOC1(c2cccc(C(N)=O)c2)C2CCCC1CNC2.Cl. The number of primary amides is 1. The Balaban J connectivity index is 0.00000176. The highest BCUT2D eigenvalue weighted by Crippen LogP contribution is 2.50. The third kappa shape index (κ3) is 2.75. The molecular weight excluding hydrogens is 300 g/mol. The summed E-state index contributed by atoms with van der Waals surface area (Å²) in [5, 5.41) is 3.54. The van der Waals surface area contributed by atoms with Crippen LogP contribution in [0.4, 0.5) is 0 Å². The van der Waals surface area contributed by atoms with Crippen molar-refractivity contribution < 1.29 is 9.53 Å². The Morgan fingerprint density at radius 1 is 1.36 bits per heavy atom. The summed E-state index contributed by atoms with van der Waals surface area (Å²) in [5.74, 6) is 0.559. The molecule has 22 heavy (non-hydrogen) atoms. The predicted molar refractivity (Wildman–Crippen MR) is 89.2 cm³/mol. The van der Waals surface area contributed by atoms with E-state index in [2.05, 4.69) is 18.3 Å². The Kier molecular flexibility index (Phi) is 5.48. The molecule has 1 saturated heterocycles. The van der Waals surface area contributed by atoms with Crippen LogP contribution in [-0.2, 0) is 10.3 Å². The third-order valence-electron chi connectivity index (χ3n) is 5.08. The molecule has 122 valence electrons. The lowest BCUT2D eigenvalue weighted by atomic mass is 9.62. The first kappa shape index (κ1) is 17.3. The fraction of sp³-hybridized carbons (Fsp3) is 0.588. The third-order valence-corrected chi connectivity index (χ3v) is 5.08. The molecule has 0 aromatic heterocycles. The maximum Gasteiger partial charge on any atom is 0.248 e. The molecule has 3 N–H and O–H groups in total. The summed E-state index contributed by atoms with van der Waals surface area (Å²) >= 11 is 0. The zero-order valence-electron chi connectivity index (χ0n) is 13.0. The minimum atomic E-state index is -0.373. The molecule has 1 amide bonds. The summed E-state index contributed by atoms with van der Waals surface area (Å²) in [4.78, 5) is 11.5. The van der Waals surface area contributed by atoms with Gasteiger partial charge in [0.05, 0.1) is 0 Å². The van der Waals surface area contributed by atoms with Gasteiger partial charge >= 0.3 is 0 Å². The molecule has 2 bridgehead atoms.